The molecule has 0 aliphatic carbocycles. The van der Waals surface area contributed by atoms with Crippen LogP contribution in [0.2, 0.25) is 0 Å². The van der Waals surface area contributed by atoms with Crippen LogP contribution in [0, 0.1) is 12.8 Å². The van der Waals surface area contributed by atoms with Crippen LogP contribution >= 0.6 is 0 Å². The molecule has 1 aromatic rings. The largest absolute Gasteiger partial charge is 0.480 e. The summed E-state index contributed by atoms with van der Waals surface area (Å²) in [5, 5.41) is 14.5. The molecule has 0 saturated heterocycles. The zero-order chi connectivity index (χ0) is 18.3. The second kappa shape index (κ2) is 9.05. The molecule has 0 unspecified atom stereocenters. The Morgan fingerprint density at radius 1 is 1.04 bits per heavy atom. The fraction of sp³-hybridized carbons (Fsp3) is 0.500. The van der Waals surface area contributed by atoms with Gasteiger partial charge in [-0.25, -0.2) is 4.79 Å². The fourth-order valence-corrected chi connectivity index (χ4v) is 2.38. The van der Waals surface area contributed by atoms with Crippen molar-refractivity contribution in [2.45, 2.75) is 52.6 Å². The topological polar surface area (TPSA) is 95.5 Å². The number of nitrogens with one attached hydrogen (secondary N) is 2. The lowest BCUT2D eigenvalue weighted by atomic mass is 10.0. The number of hydrogen-bond donors (Lipinski definition) is 3. The first-order valence-corrected chi connectivity index (χ1v) is 8.05. The van der Waals surface area contributed by atoms with Gasteiger partial charge in [0, 0.05) is 13.3 Å². The van der Waals surface area contributed by atoms with Gasteiger partial charge in [0.25, 0.3) is 0 Å². The molecule has 0 aliphatic rings. The van der Waals surface area contributed by atoms with Gasteiger partial charge >= 0.3 is 5.97 Å². The molecule has 0 aromatic heterocycles. The zero-order valence-corrected chi connectivity index (χ0v) is 14.6. The highest BCUT2D eigenvalue weighted by Gasteiger charge is 2.26. The van der Waals surface area contributed by atoms with Gasteiger partial charge in [-0.3, -0.25) is 9.59 Å². The lowest BCUT2D eigenvalue weighted by molar-refractivity contribution is -0.142. The highest BCUT2D eigenvalue weighted by atomic mass is 16.4. The second-order valence-electron chi connectivity index (χ2n) is 6.47. The maximum absolute atomic E-state index is 12.4. The third kappa shape index (κ3) is 6.81. The van der Waals surface area contributed by atoms with Crippen molar-refractivity contribution in [2.75, 3.05) is 0 Å². The van der Waals surface area contributed by atoms with Crippen LogP contribution in [0.5, 0.6) is 0 Å². The van der Waals surface area contributed by atoms with E-state index in [-0.39, 0.29) is 18.2 Å². The van der Waals surface area contributed by atoms with Gasteiger partial charge in [-0.15, -0.1) is 0 Å². The lowest BCUT2D eigenvalue weighted by Crippen LogP contribution is -2.52. The van der Waals surface area contributed by atoms with Gasteiger partial charge in [0.05, 0.1) is 0 Å². The fourth-order valence-electron chi connectivity index (χ4n) is 2.38. The van der Waals surface area contributed by atoms with Crippen LogP contribution in [0.25, 0.3) is 0 Å². The molecule has 3 N–H and O–H groups in total. The van der Waals surface area contributed by atoms with Crippen molar-refractivity contribution in [1.29, 1.82) is 0 Å². The van der Waals surface area contributed by atoms with Crippen molar-refractivity contribution >= 4 is 17.8 Å². The van der Waals surface area contributed by atoms with Gasteiger partial charge in [-0.2, -0.15) is 0 Å². The molecular formula is C18H26N2O4. The van der Waals surface area contributed by atoms with E-state index in [9.17, 15) is 19.5 Å². The smallest absolute Gasteiger partial charge is 0.326 e. The van der Waals surface area contributed by atoms with Crippen LogP contribution in [-0.4, -0.2) is 35.0 Å². The van der Waals surface area contributed by atoms with Gasteiger partial charge in [0.1, 0.15) is 12.1 Å². The molecule has 6 heteroatoms. The quantitative estimate of drug-likeness (QED) is 0.674. The number of amides is 2. The molecule has 0 aliphatic heterocycles. The average Bonchev–Trinajstić information content (AvgIpc) is 2.46. The van der Waals surface area contributed by atoms with Crippen LogP contribution in [-0.2, 0) is 20.8 Å². The van der Waals surface area contributed by atoms with E-state index in [1.807, 2.05) is 45.0 Å². The summed E-state index contributed by atoms with van der Waals surface area (Å²) in [6.07, 6.45) is 0.637. The molecule has 0 fully saturated rings. The van der Waals surface area contributed by atoms with Gasteiger partial charge < -0.3 is 15.7 Å². The van der Waals surface area contributed by atoms with Crippen LogP contribution in [0.15, 0.2) is 24.3 Å². The van der Waals surface area contributed by atoms with Gasteiger partial charge in [0.15, 0.2) is 0 Å². The second-order valence-corrected chi connectivity index (χ2v) is 6.47. The monoisotopic (exact) mass is 334 g/mol. The Morgan fingerprint density at radius 3 is 2.08 bits per heavy atom. The summed E-state index contributed by atoms with van der Waals surface area (Å²) < 4.78 is 0. The van der Waals surface area contributed by atoms with E-state index >= 15 is 0 Å². The minimum atomic E-state index is -1.10. The Kier molecular flexibility index (Phi) is 7.42. The summed E-state index contributed by atoms with van der Waals surface area (Å²) in [6.45, 7) is 7.15. The van der Waals surface area contributed by atoms with Gasteiger partial charge in [-0.05, 0) is 24.8 Å². The zero-order valence-electron chi connectivity index (χ0n) is 14.6. The van der Waals surface area contributed by atoms with Crippen molar-refractivity contribution in [2.24, 2.45) is 5.92 Å². The van der Waals surface area contributed by atoms with Crippen LogP contribution in [0.4, 0.5) is 0 Å². The Morgan fingerprint density at radius 2 is 1.62 bits per heavy atom. The normalized spacial score (nSPS) is 13.2. The van der Waals surface area contributed by atoms with Crippen LogP contribution in [0.3, 0.4) is 0 Å². The SMILES string of the molecule is CC(=O)N[C@@H](CC(C)C)C(=O)N[C@@H](Cc1ccc(C)cc1)C(=O)O. The Balaban J connectivity index is 2.80. The molecule has 0 heterocycles. The number of carboxylic acid groups (broad SMARTS) is 1. The van der Waals surface area contributed by atoms with E-state index in [0.29, 0.717) is 6.42 Å². The molecule has 6 nitrogen and oxygen atoms in total. The van der Waals surface area contributed by atoms with E-state index in [0.717, 1.165) is 11.1 Å². The third-order valence-corrected chi connectivity index (χ3v) is 3.58. The number of rotatable bonds is 8. The number of carboxylic acids is 1. The lowest BCUT2D eigenvalue weighted by Gasteiger charge is -2.22. The Labute approximate surface area is 142 Å². The summed E-state index contributed by atoms with van der Waals surface area (Å²) >= 11 is 0. The van der Waals surface area contributed by atoms with Crippen molar-refractivity contribution in [1.82, 2.24) is 10.6 Å². The highest BCUT2D eigenvalue weighted by molar-refractivity contribution is 5.90. The summed E-state index contributed by atoms with van der Waals surface area (Å²) in [6, 6.07) is 5.71. The molecule has 0 radical (unpaired) electrons. The molecule has 24 heavy (non-hydrogen) atoms. The number of aryl methyl sites for hydroxylation is 1. The average molecular weight is 334 g/mol. The molecule has 1 aromatic carbocycles. The summed E-state index contributed by atoms with van der Waals surface area (Å²) in [7, 11) is 0. The summed E-state index contributed by atoms with van der Waals surface area (Å²) in [5.41, 5.74) is 1.91. The molecule has 132 valence electrons. The van der Waals surface area contributed by atoms with Crippen LogP contribution in [0.1, 0.15) is 38.3 Å². The molecule has 0 saturated carbocycles. The minimum Gasteiger partial charge on any atom is -0.480 e. The molecule has 1 rings (SSSR count). The van der Waals surface area contributed by atoms with E-state index in [1.165, 1.54) is 6.92 Å². The highest BCUT2D eigenvalue weighted by Crippen LogP contribution is 2.09. The Hall–Kier alpha value is -2.37. The maximum Gasteiger partial charge on any atom is 0.326 e. The van der Waals surface area contributed by atoms with E-state index in [2.05, 4.69) is 10.6 Å². The predicted octanol–water partition coefficient (Wildman–Crippen LogP) is 1.66. The first-order chi connectivity index (χ1) is 11.2. The van der Waals surface area contributed by atoms with E-state index < -0.39 is 24.0 Å². The number of aliphatic carboxylic acids is 1. The van der Waals surface area contributed by atoms with Crippen molar-refractivity contribution in [3.63, 3.8) is 0 Å². The third-order valence-electron chi connectivity index (χ3n) is 3.58. The predicted molar refractivity (Wildman–Crippen MR) is 91.5 cm³/mol. The first-order valence-electron chi connectivity index (χ1n) is 8.05. The van der Waals surface area contributed by atoms with Crippen molar-refractivity contribution in [3.05, 3.63) is 35.4 Å². The molecule has 0 bridgehead atoms. The number of hydrogen-bond acceptors (Lipinski definition) is 3. The molecule has 2 atom stereocenters. The van der Waals surface area contributed by atoms with Crippen molar-refractivity contribution in [3.8, 4) is 0 Å². The minimum absolute atomic E-state index is 0.188. The van der Waals surface area contributed by atoms with Gasteiger partial charge in [-0.1, -0.05) is 43.7 Å². The molecule has 0 spiro atoms. The summed E-state index contributed by atoms with van der Waals surface area (Å²) in [5.74, 6) is -1.71. The van der Waals surface area contributed by atoms with Crippen molar-refractivity contribution < 1.29 is 19.5 Å². The standard InChI is InChI=1S/C18H26N2O4/c1-11(2)9-15(19-13(4)21)17(22)20-16(18(23)24)10-14-7-5-12(3)6-8-14/h5-8,11,15-16H,9-10H2,1-4H3,(H,19,21)(H,20,22)(H,23,24)/t15-,16-/m0/s1. The van der Waals surface area contributed by atoms with Gasteiger partial charge in [0.2, 0.25) is 11.8 Å². The van der Waals surface area contributed by atoms with E-state index in [1.54, 1.807) is 0 Å². The number of carbonyl (C=O) groups is 3. The van der Waals surface area contributed by atoms with Crippen LogP contribution < -0.4 is 10.6 Å². The number of benzene rings is 1. The summed E-state index contributed by atoms with van der Waals surface area (Å²) in [4.78, 5) is 35.1. The Bertz CT molecular complexity index is 581. The number of carbonyl (C=O) groups excluding carboxylic acids is 2. The molecule has 2 amide bonds. The van der Waals surface area contributed by atoms with E-state index in [4.69, 9.17) is 0 Å². The first kappa shape index (κ1) is 19.7. The maximum atomic E-state index is 12.4. The molecular weight excluding hydrogens is 308 g/mol.